The van der Waals surface area contributed by atoms with Crippen LogP contribution in [-0.2, 0) is 9.53 Å². The van der Waals surface area contributed by atoms with Crippen molar-refractivity contribution in [1.82, 2.24) is 4.90 Å². The number of carbonyl (C=O) groups excluding carboxylic acids is 1. The fourth-order valence-corrected chi connectivity index (χ4v) is 4.18. The normalized spacial score (nSPS) is 17.5. The highest BCUT2D eigenvalue weighted by molar-refractivity contribution is 8.18. The van der Waals surface area contributed by atoms with Crippen LogP contribution in [0.5, 0.6) is 5.75 Å². The molecule has 7 heteroatoms. The van der Waals surface area contributed by atoms with Gasteiger partial charge in [0.2, 0.25) is 0 Å². The van der Waals surface area contributed by atoms with E-state index < -0.39 is 0 Å². The van der Waals surface area contributed by atoms with Gasteiger partial charge in [-0.15, -0.1) is 0 Å². The summed E-state index contributed by atoms with van der Waals surface area (Å²) < 4.78 is 11.0. The van der Waals surface area contributed by atoms with Gasteiger partial charge in [-0.05, 0) is 67.4 Å². The Kier molecular flexibility index (Phi) is 8.58. The lowest BCUT2D eigenvalue weighted by Crippen LogP contribution is -2.30. The van der Waals surface area contributed by atoms with Gasteiger partial charge in [-0.25, -0.2) is 4.99 Å². The number of halogens is 1. The van der Waals surface area contributed by atoms with Gasteiger partial charge in [-0.1, -0.05) is 42.8 Å². The minimum atomic E-state index is -0.0631. The number of amidine groups is 1. The maximum Gasteiger partial charge on any atom is 0.266 e. The van der Waals surface area contributed by atoms with Crippen LogP contribution in [0.15, 0.2) is 58.4 Å². The monoisotopic (exact) mass is 458 g/mol. The number of nitrogens with zero attached hydrogens (tertiary/aromatic N) is 2. The molecule has 1 saturated heterocycles. The maximum absolute atomic E-state index is 13.1. The fourth-order valence-electron chi connectivity index (χ4n) is 2.92. The Morgan fingerprint density at radius 3 is 2.68 bits per heavy atom. The Hall–Kier alpha value is -2.28. The lowest BCUT2D eigenvalue weighted by molar-refractivity contribution is -0.122. The Morgan fingerprint density at radius 1 is 1.23 bits per heavy atom. The van der Waals surface area contributed by atoms with E-state index in [1.165, 1.54) is 11.8 Å². The Bertz CT molecular complexity index is 963. The summed E-state index contributed by atoms with van der Waals surface area (Å²) in [5, 5.41) is 1.20. The number of amides is 1. The minimum Gasteiger partial charge on any atom is -0.489 e. The number of aliphatic imine (C=N–C) groups is 1. The lowest BCUT2D eigenvalue weighted by Gasteiger charge is -2.15. The van der Waals surface area contributed by atoms with Crippen LogP contribution >= 0.6 is 23.4 Å². The zero-order chi connectivity index (χ0) is 22.2. The zero-order valence-corrected chi connectivity index (χ0v) is 19.6. The van der Waals surface area contributed by atoms with Crippen molar-refractivity contribution in [2.45, 2.75) is 32.8 Å². The molecule has 2 aromatic rings. The molecule has 0 unspecified atom stereocenters. The average molecular weight is 459 g/mol. The van der Waals surface area contributed by atoms with Gasteiger partial charge in [0, 0.05) is 20.3 Å². The van der Waals surface area contributed by atoms with E-state index in [9.17, 15) is 4.79 Å². The molecule has 0 aliphatic carbocycles. The first kappa shape index (κ1) is 23.4. The third-order valence-corrected chi connectivity index (χ3v) is 6.06. The number of carbonyl (C=O) groups is 1. The molecule has 5 nitrogen and oxygen atoms in total. The number of methoxy groups -OCH3 is 1. The molecule has 1 atom stereocenters. The highest BCUT2D eigenvalue weighted by Gasteiger charge is 2.33. The summed E-state index contributed by atoms with van der Waals surface area (Å²) >= 11 is 7.78. The molecular weight excluding hydrogens is 432 g/mol. The van der Waals surface area contributed by atoms with Gasteiger partial charge in [0.15, 0.2) is 5.17 Å². The molecule has 1 aliphatic heterocycles. The van der Waals surface area contributed by atoms with Crippen molar-refractivity contribution in [2.24, 2.45) is 4.99 Å². The highest BCUT2D eigenvalue weighted by Crippen LogP contribution is 2.35. The molecule has 164 valence electrons. The predicted octanol–water partition coefficient (Wildman–Crippen LogP) is 6.16. The van der Waals surface area contributed by atoms with E-state index in [1.54, 1.807) is 12.0 Å². The van der Waals surface area contributed by atoms with Crippen molar-refractivity contribution < 1.29 is 14.3 Å². The van der Waals surface area contributed by atoms with Crippen molar-refractivity contribution in [3.05, 3.63) is 64.0 Å². The molecule has 0 spiro atoms. The number of ether oxygens (including phenoxy) is 2. The highest BCUT2D eigenvalue weighted by atomic mass is 35.5. The average Bonchev–Trinajstić information content (AvgIpc) is 3.05. The van der Waals surface area contributed by atoms with Crippen molar-refractivity contribution in [3.8, 4) is 5.75 Å². The molecule has 0 radical (unpaired) electrons. The molecule has 31 heavy (non-hydrogen) atoms. The second kappa shape index (κ2) is 11.4. The molecule has 1 fully saturated rings. The van der Waals surface area contributed by atoms with Crippen LogP contribution in [0.2, 0.25) is 5.02 Å². The van der Waals surface area contributed by atoms with Crippen molar-refractivity contribution >= 4 is 46.2 Å². The number of rotatable bonds is 9. The van der Waals surface area contributed by atoms with E-state index in [-0.39, 0.29) is 12.0 Å². The number of hydrogen-bond donors (Lipinski definition) is 0. The largest absolute Gasteiger partial charge is 0.489 e. The van der Waals surface area contributed by atoms with Crippen molar-refractivity contribution in [3.63, 3.8) is 0 Å². The first-order valence-corrected chi connectivity index (χ1v) is 11.5. The molecule has 3 rings (SSSR count). The summed E-state index contributed by atoms with van der Waals surface area (Å²) in [5.41, 5.74) is 1.65. The molecule has 0 N–H and O–H groups in total. The summed E-state index contributed by atoms with van der Waals surface area (Å²) in [7, 11) is 1.66. The van der Waals surface area contributed by atoms with E-state index >= 15 is 0 Å². The van der Waals surface area contributed by atoms with Gasteiger partial charge >= 0.3 is 0 Å². The van der Waals surface area contributed by atoms with Gasteiger partial charge in [0.05, 0.1) is 21.7 Å². The second-order valence-corrected chi connectivity index (χ2v) is 8.59. The van der Waals surface area contributed by atoms with Crippen LogP contribution in [-0.4, -0.2) is 42.3 Å². The van der Waals surface area contributed by atoms with Crippen LogP contribution in [0, 0.1) is 0 Å². The smallest absolute Gasteiger partial charge is 0.266 e. The molecule has 0 saturated carbocycles. The summed E-state index contributed by atoms with van der Waals surface area (Å²) in [6.07, 6.45) is 3.57. The molecule has 0 aromatic heterocycles. The molecular formula is C24H27ClN2O3S. The Labute approximate surface area is 193 Å². The summed E-state index contributed by atoms with van der Waals surface area (Å²) in [6.45, 7) is 5.20. The number of para-hydroxylation sites is 1. The van der Waals surface area contributed by atoms with Crippen LogP contribution < -0.4 is 4.74 Å². The quantitative estimate of drug-likeness (QED) is 0.333. The van der Waals surface area contributed by atoms with Crippen molar-refractivity contribution in [1.29, 1.82) is 0 Å². The van der Waals surface area contributed by atoms with Crippen LogP contribution in [0.3, 0.4) is 0 Å². The van der Waals surface area contributed by atoms with Crippen LogP contribution in [0.4, 0.5) is 5.69 Å². The fraction of sp³-hybridized carbons (Fsp3) is 0.333. The number of thioether (sulfide) groups is 1. The molecule has 2 aromatic carbocycles. The first-order chi connectivity index (χ1) is 15.0. The first-order valence-electron chi connectivity index (χ1n) is 10.3. The van der Waals surface area contributed by atoms with E-state index in [0.717, 1.165) is 24.1 Å². The minimum absolute atomic E-state index is 0.0631. The topological polar surface area (TPSA) is 51.1 Å². The predicted molar refractivity (Wildman–Crippen MR) is 129 cm³/mol. The third kappa shape index (κ3) is 6.35. The lowest BCUT2D eigenvalue weighted by atomic mass is 10.2. The maximum atomic E-state index is 13.1. The SMILES string of the molecule is CC[C@@H](C)Oc1ccc(/C=C2\SC(=Nc3ccccc3)N(CCCOC)C2=O)cc1Cl. The van der Waals surface area contributed by atoms with E-state index in [2.05, 4.69) is 6.92 Å². The van der Waals surface area contributed by atoms with Gasteiger partial charge < -0.3 is 9.47 Å². The van der Waals surface area contributed by atoms with Crippen LogP contribution in [0.25, 0.3) is 6.08 Å². The van der Waals surface area contributed by atoms with E-state index in [4.69, 9.17) is 26.1 Å². The molecule has 1 aliphatic rings. The van der Waals surface area contributed by atoms with E-state index in [1.807, 2.05) is 61.5 Å². The second-order valence-electron chi connectivity index (χ2n) is 7.17. The Balaban J connectivity index is 1.85. The van der Waals surface area contributed by atoms with E-state index in [0.29, 0.717) is 34.0 Å². The van der Waals surface area contributed by atoms with Gasteiger partial charge in [0.1, 0.15) is 5.75 Å². The Morgan fingerprint density at radius 2 is 2.00 bits per heavy atom. The molecule has 0 bridgehead atoms. The zero-order valence-electron chi connectivity index (χ0n) is 18.0. The van der Waals surface area contributed by atoms with Crippen molar-refractivity contribution in [2.75, 3.05) is 20.3 Å². The van der Waals surface area contributed by atoms with Gasteiger partial charge in [-0.2, -0.15) is 0 Å². The molecule has 1 amide bonds. The molecule has 1 heterocycles. The standard InChI is InChI=1S/C24H27ClN2O3S/c1-4-17(2)30-21-12-11-18(15-20(21)25)16-22-23(28)27(13-8-14-29-3)24(31-22)26-19-9-6-5-7-10-19/h5-7,9-12,15-17H,4,8,13-14H2,1-3H3/b22-16-,26-24?/t17-/m1/s1. The summed E-state index contributed by atoms with van der Waals surface area (Å²) in [6, 6.07) is 15.2. The summed E-state index contributed by atoms with van der Waals surface area (Å²) in [5.74, 6) is 0.586. The van der Waals surface area contributed by atoms with Crippen LogP contribution in [0.1, 0.15) is 32.3 Å². The van der Waals surface area contributed by atoms with Gasteiger partial charge in [0.25, 0.3) is 5.91 Å². The summed E-state index contributed by atoms with van der Waals surface area (Å²) in [4.78, 5) is 20.1. The number of benzene rings is 2. The third-order valence-electron chi connectivity index (χ3n) is 4.76. The van der Waals surface area contributed by atoms with Gasteiger partial charge in [-0.3, -0.25) is 9.69 Å². The number of hydrogen-bond acceptors (Lipinski definition) is 5.